The molecule has 0 fully saturated rings. The number of aromatic nitrogens is 2. The third-order valence-electron chi connectivity index (χ3n) is 7.00. The molecule has 5 N–H and O–H groups in total. The van der Waals surface area contributed by atoms with Crippen LogP contribution in [0.4, 0.5) is 0 Å². The van der Waals surface area contributed by atoms with E-state index >= 15 is 0 Å². The highest BCUT2D eigenvalue weighted by Crippen LogP contribution is 2.17. The summed E-state index contributed by atoms with van der Waals surface area (Å²) < 4.78 is 0. The second-order valence-electron chi connectivity index (χ2n) is 10.9. The number of hydrogen-bond acceptors (Lipinski definition) is 7. The van der Waals surface area contributed by atoms with E-state index in [9.17, 15) is 24.4 Å². The molecule has 222 valence electrons. The zero-order valence-corrected chi connectivity index (χ0v) is 24.2. The second-order valence-corrected chi connectivity index (χ2v) is 10.9. The molecule has 0 unspecified atom stereocenters. The molecule has 3 amide bonds. The molecule has 43 heavy (non-hydrogen) atoms. The Balaban J connectivity index is 1.60. The van der Waals surface area contributed by atoms with Gasteiger partial charge in [0.2, 0.25) is 11.8 Å². The van der Waals surface area contributed by atoms with Crippen molar-refractivity contribution in [2.75, 3.05) is 0 Å². The Bertz CT molecular complexity index is 1520. The van der Waals surface area contributed by atoms with Gasteiger partial charge in [0.25, 0.3) is 5.91 Å². The van der Waals surface area contributed by atoms with E-state index in [1.54, 1.807) is 0 Å². The van der Waals surface area contributed by atoms with Crippen molar-refractivity contribution in [3.63, 3.8) is 0 Å². The number of rotatable bonds is 13. The molecule has 0 bridgehead atoms. The van der Waals surface area contributed by atoms with Gasteiger partial charge in [-0.2, -0.15) is 0 Å². The van der Waals surface area contributed by atoms with Crippen molar-refractivity contribution in [1.82, 2.24) is 25.9 Å². The number of fused-ring (bicyclic) bond motifs is 1. The van der Waals surface area contributed by atoms with E-state index in [-0.39, 0.29) is 24.5 Å². The molecule has 0 aliphatic rings. The van der Waals surface area contributed by atoms with Crippen LogP contribution in [0.15, 0.2) is 91.4 Å². The number of nitrogens with zero attached hydrogens (tertiary/aromatic N) is 2. The van der Waals surface area contributed by atoms with Crippen LogP contribution >= 0.6 is 0 Å². The standard InChI is InChI=1S/C32H36BN5O5/c1-21(2)16-29(33(42)43)38-31(40)26(18-22-8-4-3-5-9-22)36-30(39)27(37-32(41)28-20-34-14-15-35-28)19-23-12-13-24-10-6-7-11-25(24)17-23/h3-15,17,20-21,26-27,29,42-43H,16,18-19H2,1-2H3,(H,36,39)(H,37,41)(H,38,40)/t26-,27-,29+/m0/s1. The van der Waals surface area contributed by atoms with Crippen molar-refractivity contribution < 1.29 is 24.4 Å². The molecule has 0 spiro atoms. The van der Waals surface area contributed by atoms with Gasteiger partial charge in [0.15, 0.2) is 0 Å². The van der Waals surface area contributed by atoms with E-state index in [0.29, 0.717) is 6.42 Å². The van der Waals surface area contributed by atoms with Gasteiger partial charge in [-0.1, -0.05) is 86.6 Å². The summed E-state index contributed by atoms with van der Waals surface area (Å²) in [5.41, 5.74) is 1.65. The van der Waals surface area contributed by atoms with Crippen LogP contribution in [0.25, 0.3) is 10.8 Å². The summed E-state index contributed by atoms with van der Waals surface area (Å²) in [5, 5.41) is 30.1. The van der Waals surface area contributed by atoms with Gasteiger partial charge >= 0.3 is 7.12 Å². The zero-order valence-electron chi connectivity index (χ0n) is 24.2. The summed E-state index contributed by atoms with van der Waals surface area (Å²) in [6, 6.07) is 20.7. The first kappa shape index (κ1) is 31.3. The summed E-state index contributed by atoms with van der Waals surface area (Å²) in [5.74, 6) is -2.57. The predicted octanol–water partition coefficient (Wildman–Crippen LogP) is 2.24. The Morgan fingerprint density at radius 2 is 1.42 bits per heavy atom. The highest BCUT2D eigenvalue weighted by molar-refractivity contribution is 6.43. The Hall–Kier alpha value is -4.61. The minimum absolute atomic E-state index is 0.0471. The molecule has 0 aliphatic heterocycles. The fraction of sp³-hybridized carbons (Fsp3) is 0.281. The van der Waals surface area contributed by atoms with Gasteiger partial charge < -0.3 is 26.0 Å². The molecule has 0 radical (unpaired) electrons. The van der Waals surface area contributed by atoms with E-state index in [0.717, 1.165) is 21.9 Å². The molecule has 0 saturated carbocycles. The van der Waals surface area contributed by atoms with Crippen molar-refractivity contribution in [3.8, 4) is 0 Å². The topological polar surface area (TPSA) is 154 Å². The fourth-order valence-electron chi connectivity index (χ4n) is 4.84. The maximum atomic E-state index is 13.8. The first-order chi connectivity index (χ1) is 20.7. The molecule has 3 atom stereocenters. The average Bonchev–Trinajstić information content (AvgIpc) is 3.00. The van der Waals surface area contributed by atoms with Crippen molar-refractivity contribution in [1.29, 1.82) is 0 Å². The molecule has 4 aromatic rings. The van der Waals surface area contributed by atoms with Gasteiger partial charge in [-0.25, -0.2) is 4.98 Å². The number of carbonyl (C=O) groups excluding carboxylic acids is 3. The monoisotopic (exact) mass is 581 g/mol. The highest BCUT2D eigenvalue weighted by atomic mass is 16.4. The average molecular weight is 581 g/mol. The molecule has 1 heterocycles. The predicted molar refractivity (Wildman–Crippen MR) is 165 cm³/mol. The minimum Gasteiger partial charge on any atom is -0.426 e. The summed E-state index contributed by atoms with van der Waals surface area (Å²) >= 11 is 0. The van der Waals surface area contributed by atoms with Gasteiger partial charge in [0, 0.05) is 25.2 Å². The third-order valence-corrected chi connectivity index (χ3v) is 7.00. The van der Waals surface area contributed by atoms with Crippen molar-refractivity contribution in [2.45, 2.75) is 51.1 Å². The lowest BCUT2D eigenvalue weighted by Gasteiger charge is -2.26. The van der Waals surface area contributed by atoms with Gasteiger partial charge in [0.05, 0.1) is 12.1 Å². The lowest BCUT2D eigenvalue weighted by atomic mass is 9.75. The Kier molecular flexibility index (Phi) is 11.0. The van der Waals surface area contributed by atoms with E-state index in [1.165, 1.54) is 18.6 Å². The number of carbonyl (C=O) groups is 3. The molecular formula is C32H36BN5O5. The van der Waals surface area contributed by atoms with Crippen LogP contribution in [0.5, 0.6) is 0 Å². The highest BCUT2D eigenvalue weighted by Gasteiger charge is 2.32. The van der Waals surface area contributed by atoms with Crippen LogP contribution in [-0.4, -0.2) is 62.9 Å². The van der Waals surface area contributed by atoms with Crippen LogP contribution in [0.3, 0.4) is 0 Å². The SMILES string of the molecule is CC(C)C[C@@H](NC(=O)[C@H](Cc1ccccc1)NC(=O)[C@H](Cc1ccc2ccccc2c1)NC(=O)c1cnccn1)B(O)O. The fourth-order valence-corrected chi connectivity index (χ4v) is 4.84. The molecule has 1 aromatic heterocycles. The van der Waals surface area contributed by atoms with E-state index in [1.807, 2.05) is 86.6 Å². The lowest BCUT2D eigenvalue weighted by molar-refractivity contribution is -0.130. The molecule has 0 saturated heterocycles. The first-order valence-corrected chi connectivity index (χ1v) is 14.2. The summed E-state index contributed by atoms with van der Waals surface area (Å²) in [7, 11) is -1.77. The van der Waals surface area contributed by atoms with Crippen molar-refractivity contribution in [2.24, 2.45) is 5.92 Å². The first-order valence-electron chi connectivity index (χ1n) is 14.2. The number of benzene rings is 3. The minimum atomic E-state index is -1.77. The lowest BCUT2D eigenvalue weighted by Crippen LogP contribution is -2.58. The third kappa shape index (κ3) is 9.19. The quantitative estimate of drug-likeness (QED) is 0.152. The molecular weight excluding hydrogens is 545 g/mol. The van der Waals surface area contributed by atoms with Crippen LogP contribution in [0.2, 0.25) is 0 Å². The van der Waals surface area contributed by atoms with Crippen LogP contribution in [0.1, 0.15) is 41.9 Å². The summed E-state index contributed by atoms with van der Waals surface area (Å²) in [6.45, 7) is 3.81. The van der Waals surface area contributed by atoms with Crippen LogP contribution in [0, 0.1) is 5.92 Å². The van der Waals surface area contributed by atoms with Crippen LogP contribution in [-0.2, 0) is 22.4 Å². The number of hydrogen-bond donors (Lipinski definition) is 5. The van der Waals surface area contributed by atoms with E-state index in [4.69, 9.17) is 0 Å². The number of amides is 3. The zero-order chi connectivity index (χ0) is 30.8. The Labute approximate surface area is 251 Å². The molecule has 4 rings (SSSR count). The van der Waals surface area contributed by atoms with E-state index < -0.39 is 42.9 Å². The summed E-state index contributed by atoms with van der Waals surface area (Å²) in [4.78, 5) is 48.4. The molecule has 10 nitrogen and oxygen atoms in total. The normalized spacial score (nSPS) is 13.1. The van der Waals surface area contributed by atoms with Gasteiger partial charge in [-0.3, -0.25) is 19.4 Å². The second kappa shape index (κ2) is 15.0. The smallest absolute Gasteiger partial charge is 0.426 e. The van der Waals surface area contributed by atoms with Crippen LogP contribution < -0.4 is 16.0 Å². The van der Waals surface area contributed by atoms with Gasteiger partial charge in [-0.05, 0) is 34.2 Å². The van der Waals surface area contributed by atoms with Crippen molar-refractivity contribution in [3.05, 3.63) is 108 Å². The maximum absolute atomic E-state index is 13.8. The Morgan fingerprint density at radius 1 is 0.767 bits per heavy atom. The van der Waals surface area contributed by atoms with E-state index in [2.05, 4.69) is 25.9 Å². The van der Waals surface area contributed by atoms with Gasteiger partial charge in [-0.15, -0.1) is 0 Å². The molecule has 3 aromatic carbocycles. The van der Waals surface area contributed by atoms with Gasteiger partial charge in [0.1, 0.15) is 17.8 Å². The van der Waals surface area contributed by atoms with Crippen molar-refractivity contribution >= 4 is 35.6 Å². The molecule has 11 heteroatoms. The molecule has 0 aliphatic carbocycles. The Morgan fingerprint density at radius 3 is 2.09 bits per heavy atom. The number of nitrogens with one attached hydrogen (secondary N) is 3. The largest absolute Gasteiger partial charge is 0.475 e. The maximum Gasteiger partial charge on any atom is 0.475 e. The summed E-state index contributed by atoms with van der Waals surface area (Å²) in [6.07, 6.45) is 4.76.